The molecular formula is C19H25F3N6. The molecule has 0 aliphatic carbocycles. The topological polar surface area (TPSA) is 79.1 Å². The van der Waals surface area contributed by atoms with E-state index in [1.54, 1.807) is 0 Å². The summed E-state index contributed by atoms with van der Waals surface area (Å²) in [6.07, 6.45) is -1.83. The lowest BCUT2D eigenvalue weighted by Gasteiger charge is -2.19. The van der Waals surface area contributed by atoms with Crippen LogP contribution in [0.1, 0.15) is 31.0 Å². The first-order chi connectivity index (χ1) is 13.3. The Bertz CT molecular complexity index is 824. The van der Waals surface area contributed by atoms with E-state index in [0.29, 0.717) is 6.04 Å². The predicted octanol–water partition coefficient (Wildman–Crippen LogP) is 3.57. The molecule has 0 radical (unpaired) electrons. The Balaban J connectivity index is 1.89. The van der Waals surface area contributed by atoms with Crippen molar-refractivity contribution in [1.82, 2.24) is 15.3 Å². The minimum Gasteiger partial charge on any atom is -0.398 e. The summed E-state index contributed by atoms with van der Waals surface area (Å²) >= 11 is 0. The van der Waals surface area contributed by atoms with Gasteiger partial charge in [0.15, 0.2) is 0 Å². The molecule has 2 heterocycles. The number of hydrogen-bond acceptors (Lipinski definition) is 6. The highest BCUT2D eigenvalue weighted by Gasteiger charge is 2.33. The summed E-state index contributed by atoms with van der Waals surface area (Å²) in [5.41, 5.74) is 5.39. The van der Waals surface area contributed by atoms with Gasteiger partial charge in [-0.2, -0.15) is 18.2 Å². The highest BCUT2D eigenvalue weighted by Crippen LogP contribution is 2.35. The third-order valence-corrected chi connectivity index (χ3v) is 4.81. The molecule has 9 heteroatoms. The van der Waals surface area contributed by atoms with Crippen LogP contribution >= 0.6 is 0 Å². The molecule has 6 nitrogen and oxygen atoms in total. The van der Waals surface area contributed by atoms with Gasteiger partial charge in [0.1, 0.15) is 5.82 Å². The first-order valence-corrected chi connectivity index (χ1v) is 9.34. The zero-order chi connectivity index (χ0) is 20.3. The number of alkyl halides is 3. The number of nitrogen functional groups attached to an aromatic ring is 1. The second-order valence-electron chi connectivity index (χ2n) is 6.94. The summed E-state index contributed by atoms with van der Waals surface area (Å²) in [6.45, 7) is 3.75. The lowest BCUT2D eigenvalue weighted by molar-refractivity contribution is -0.136. The molecule has 1 aliphatic heterocycles. The summed E-state index contributed by atoms with van der Waals surface area (Å²) in [5, 5.41) is 6.18. The van der Waals surface area contributed by atoms with Crippen molar-refractivity contribution in [2.75, 3.05) is 36.1 Å². The van der Waals surface area contributed by atoms with Gasteiger partial charge in [-0.25, -0.2) is 4.98 Å². The van der Waals surface area contributed by atoms with Gasteiger partial charge in [0.2, 0.25) is 5.95 Å². The van der Waals surface area contributed by atoms with Crippen molar-refractivity contribution in [1.29, 1.82) is 0 Å². The van der Waals surface area contributed by atoms with Crippen LogP contribution in [0.5, 0.6) is 0 Å². The standard InChI is InChI=1S/C19H25F3N6/c1-3-4-12-10-17(28-8-7-14(11-28)24-2)27-18(25-12)26-13-5-6-16(23)15(9-13)19(20,21)22/h5-6,9-10,14,24H,3-4,7-8,11,23H2,1-2H3,(H,25,26,27)/t14-/m0/s1. The van der Waals surface area contributed by atoms with Crippen LogP contribution in [0, 0.1) is 0 Å². The van der Waals surface area contributed by atoms with Gasteiger partial charge in [0, 0.05) is 42.3 Å². The van der Waals surface area contributed by atoms with E-state index in [0.717, 1.165) is 49.9 Å². The van der Waals surface area contributed by atoms with E-state index in [1.165, 1.54) is 12.1 Å². The maximum absolute atomic E-state index is 13.1. The molecule has 4 N–H and O–H groups in total. The largest absolute Gasteiger partial charge is 0.418 e. The SMILES string of the molecule is CCCc1cc(N2CC[C@H](NC)C2)nc(Nc2ccc(N)c(C(F)(F)F)c2)n1. The van der Waals surface area contributed by atoms with Gasteiger partial charge in [-0.05, 0) is 38.1 Å². The Morgan fingerprint density at radius 2 is 2.04 bits per heavy atom. The van der Waals surface area contributed by atoms with E-state index in [-0.39, 0.29) is 17.3 Å². The molecule has 3 rings (SSSR count). The number of anilines is 4. The fraction of sp³-hybridized carbons (Fsp3) is 0.474. The number of nitrogens with two attached hydrogens (primary N) is 1. The highest BCUT2D eigenvalue weighted by molar-refractivity contribution is 5.63. The van der Waals surface area contributed by atoms with Crippen LogP contribution in [0.15, 0.2) is 24.3 Å². The van der Waals surface area contributed by atoms with E-state index < -0.39 is 11.7 Å². The molecule has 0 spiro atoms. The Morgan fingerprint density at radius 1 is 1.25 bits per heavy atom. The summed E-state index contributed by atoms with van der Waals surface area (Å²) in [4.78, 5) is 11.2. The Hall–Kier alpha value is -2.55. The minimum absolute atomic E-state index is 0.246. The molecule has 2 aromatic rings. The summed E-state index contributed by atoms with van der Waals surface area (Å²) in [6, 6.07) is 6.06. The van der Waals surface area contributed by atoms with Crippen molar-refractivity contribution < 1.29 is 13.2 Å². The van der Waals surface area contributed by atoms with E-state index in [2.05, 4.69) is 32.4 Å². The lowest BCUT2D eigenvalue weighted by atomic mass is 10.1. The maximum Gasteiger partial charge on any atom is 0.418 e. The number of rotatable bonds is 6. The molecule has 1 aliphatic rings. The van der Waals surface area contributed by atoms with Gasteiger partial charge in [-0.1, -0.05) is 13.3 Å². The lowest BCUT2D eigenvalue weighted by Crippen LogP contribution is -2.30. The quantitative estimate of drug-likeness (QED) is 0.650. The number of halogens is 3. The molecule has 1 fully saturated rings. The van der Waals surface area contributed by atoms with E-state index in [9.17, 15) is 13.2 Å². The minimum atomic E-state index is -4.52. The van der Waals surface area contributed by atoms with Crippen LogP contribution in [0.2, 0.25) is 0 Å². The number of nitrogens with one attached hydrogen (secondary N) is 2. The van der Waals surface area contributed by atoms with Crippen molar-refractivity contribution in [3.63, 3.8) is 0 Å². The van der Waals surface area contributed by atoms with Gasteiger partial charge in [0.05, 0.1) is 5.56 Å². The summed E-state index contributed by atoms with van der Waals surface area (Å²) in [7, 11) is 1.93. The Kier molecular flexibility index (Phi) is 5.93. The Morgan fingerprint density at radius 3 is 2.68 bits per heavy atom. The second-order valence-corrected chi connectivity index (χ2v) is 6.94. The molecule has 0 bridgehead atoms. The fourth-order valence-corrected chi connectivity index (χ4v) is 3.30. The van der Waals surface area contributed by atoms with Crippen molar-refractivity contribution in [2.45, 2.75) is 38.4 Å². The zero-order valence-corrected chi connectivity index (χ0v) is 16.0. The number of likely N-dealkylation sites (N-methyl/N-ethyl adjacent to an activating group) is 1. The van der Waals surface area contributed by atoms with Crippen LogP contribution in [0.3, 0.4) is 0 Å². The zero-order valence-electron chi connectivity index (χ0n) is 16.0. The summed E-state index contributed by atoms with van der Waals surface area (Å²) < 4.78 is 39.4. The molecule has 0 saturated carbocycles. The molecule has 1 saturated heterocycles. The summed E-state index contributed by atoms with van der Waals surface area (Å²) in [5.74, 6) is 1.07. The van der Waals surface area contributed by atoms with Crippen LogP contribution in [0.4, 0.5) is 36.3 Å². The molecule has 1 aromatic heterocycles. The van der Waals surface area contributed by atoms with E-state index >= 15 is 0 Å². The monoisotopic (exact) mass is 394 g/mol. The third kappa shape index (κ3) is 4.64. The first-order valence-electron chi connectivity index (χ1n) is 9.34. The van der Waals surface area contributed by atoms with Gasteiger partial charge in [-0.3, -0.25) is 0 Å². The maximum atomic E-state index is 13.1. The van der Waals surface area contributed by atoms with Crippen molar-refractivity contribution in [3.05, 3.63) is 35.5 Å². The van der Waals surface area contributed by atoms with Gasteiger partial charge in [-0.15, -0.1) is 0 Å². The number of hydrogen-bond donors (Lipinski definition) is 3. The smallest absolute Gasteiger partial charge is 0.398 e. The van der Waals surface area contributed by atoms with Crippen molar-refractivity contribution in [3.8, 4) is 0 Å². The Labute approximate surface area is 162 Å². The van der Waals surface area contributed by atoms with Gasteiger partial charge >= 0.3 is 6.18 Å². The molecular weight excluding hydrogens is 369 g/mol. The molecule has 1 aromatic carbocycles. The molecule has 1 atom stereocenters. The van der Waals surface area contributed by atoms with Crippen LogP contribution in [0.25, 0.3) is 0 Å². The van der Waals surface area contributed by atoms with E-state index in [1.807, 2.05) is 13.1 Å². The number of benzene rings is 1. The normalized spacial score (nSPS) is 17.2. The van der Waals surface area contributed by atoms with E-state index in [4.69, 9.17) is 5.73 Å². The van der Waals surface area contributed by atoms with Gasteiger partial charge in [0.25, 0.3) is 0 Å². The average Bonchev–Trinajstić information content (AvgIpc) is 3.12. The third-order valence-electron chi connectivity index (χ3n) is 4.81. The van der Waals surface area contributed by atoms with Gasteiger partial charge < -0.3 is 21.3 Å². The predicted molar refractivity (Wildman–Crippen MR) is 105 cm³/mol. The van der Waals surface area contributed by atoms with Crippen LogP contribution in [-0.4, -0.2) is 36.1 Å². The first kappa shape index (κ1) is 20.2. The van der Waals surface area contributed by atoms with Crippen LogP contribution < -0.4 is 21.3 Å². The van der Waals surface area contributed by atoms with Crippen molar-refractivity contribution >= 4 is 23.1 Å². The fourth-order valence-electron chi connectivity index (χ4n) is 3.30. The molecule has 28 heavy (non-hydrogen) atoms. The molecule has 0 amide bonds. The number of nitrogens with zero attached hydrogens (tertiary/aromatic N) is 3. The number of aromatic nitrogens is 2. The van der Waals surface area contributed by atoms with Crippen LogP contribution in [-0.2, 0) is 12.6 Å². The number of aryl methyl sites for hydroxylation is 1. The second kappa shape index (κ2) is 8.22. The molecule has 0 unspecified atom stereocenters. The van der Waals surface area contributed by atoms with Crippen molar-refractivity contribution in [2.24, 2.45) is 0 Å². The molecule has 152 valence electrons. The highest BCUT2D eigenvalue weighted by atomic mass is 19.4. The average molecular weight is 394 g/mol.